The summed E-state index contributed by atoms with van der Waals surface area (Å²) in [6, 6.07) is -0.810. The average molecular weight is 804 g/mol. The Morgan fingerprint density at radius 1 is 0.614 bits per heavy atom. The zero-order chi connectivity index (χ0) is 41.6. The van der Waals surface area contributed by atoms with E-state index in [1.807, 2.05) is 6.08 Å². The Hall–Kier alpha value is -2.11. The van der Waals surface area contributed by atoms with Gasteiger partial charge in [0.15, 0.2) is 6.29 Å². The Morgan fingerprint density at radius 2 is 1.09 bits per heavy atom. The summed E-state index contributed by atoms with van der Waals surface area (Å²) in [6.45, 7) is 3.64. The topological polar surface area (TPSA) is 149 Å². The first-order chi connectivity index (χ1) is 27.8. The zero-order valence-electron chi connectivity index (χ0n) is 36.1. The van der Waals surface area contributed by atoms with E-state index in [0.29, 0.717) is 6.42 Å². The highest BCUT2D eigenvalue weighted by Gasteiger charge is 2.44. The van der Waals surface area contributed by atoms with Crippen LogP contribution in [-0.4, -0.2) is 87.5 Å². The summed E-state index contributed by atoms with van der Waals surface area (Å²) in [6.07, 6.45) is 42.6. The van der Waals surface area contributed by atoms with Gasteiger partial charge in [-0.2, -0.15) is 0 Å². The molecule has 1 amide bonds. The van der Waals surface area contributed by atoms with E-state index in [1.165, 1.54) is 83.5 Å². The monoisotopic (exact) mass is 804 g/mol. The Labute approximate surface area is 347 Å². The van der Waals surface area contributed by atoms with Crippen molar-refractivity contribution in [2.24, 2.45) is 0 Å². The summed E-state index contributed by atoms with van der Waals surface area (Å²) in [4.78, 5) is 13.0. The average Bonchev–Trinajstić information content (AvgIpc) is 3.21. The van der Waals surface area contributed by atoms with E-state index in [4.69, 9.17) is 9.47 Å². The van der Waals surface area contributed by atoms with Crippen LogP contribution in [0.5, 0.6) is 0 Å². The Kier molecular flexibility index (Phi) is 35.4. The predicted molar refractivity (Wildman–Crippen MR) is 235 cm³/mol. The van der Waals surface area contributed by atoms with Crippen LogP contribution in [0.25, 0.3) is 0 Å². The van der Waals surface area contributed by atoms with Crippen LogP contribution in [0.4, 0.5) is 0 Å². The Morgan fingerprint density at radius 3 is 1.61 bits per heavy atom. The molecule has 0 aromatic heterocycles. The summed E-state index contributed by atoms with van der Waals surface area (Å²) in [7, 11) is 0. The minimum absolute atomic E-state index is 0.189. The van der Waals surface area contributed by atoms with Gasteiger partial charge in [-0.1, -0.05) is 177 Å². The molecule has 9 heteroatoms. The molecule has 57 heavy (non-hydrogen) atoms. The Balaban J connectivity index is 2.34. The molecule has 7 unspecified atom stereocenters. The number of hydrogen-bond donors (Lipinski definition) is 6. The second kappa shape index (κ2) is 38.1. The van der Waals surface area contributed by atoms with Crippen molar-refractivity contribution in [3.63, 3.8) is 0 Å². The number of carbonyl (C=O) groups is 1. The van der Waals surface area contributed by atoms with Crippen LogP contribution in [0.2, 0.25) is 0 Å². The standard InChI is InChI=1S/C48H85NO8/c1-3-5-7-9-11-13-15-17-18-19-20-21-22-23-24-26-28-30-32-34-36-38-44(52)49-41(40-56-48-47(55)46(54)45(53)43(39-50)57-48)42(51)37-35-33-31-29-27-25-16-14-12-10-8-6-4-2/h5,7,11,13,17-18,20-21,35,37,41-43,45-48,50-51,53-55H,3-4,6,8-10,12,14-16,19,22-34,36,38-40H2,1-2H3,(H,49,52)/b7-5-,13-11-,18-17-,21-20-,37-35+. The fourth-order valence-corrected chi connectivity index (χ4v) is 6.91. The van der Waals surface area contributed by atoms with E-state index in [0.717, 1.165) is 77.0 Å². The second-order valence-electron chi connectivity index (χ2n) is 15.8. The number of hydrogen-bond acceptors (Lipinski definition) is 8. The van der Waals surface area contributed by atoms with Crippen LogP contribution in [0.1, 0.15) is 181 Å². The van der Waals surface area contributed by atoms with Crippen LogP contribution in [0.15, 0.2) is 60.8 Å². The second-order valence-corrected chi connectivity index (χ2v) is 15.8. The molecule has 0 aromatic carbocycles. The first-order valence-corrected chi connectivity index (χ1v) is 23.0. The molecule has 1 saturated heterocycles. The number of aliphatic hydroxyl groups is 5. The fraction of sp³-hybridized carbons (Fsp3) is 0.771. The van der Waals surface area contributed by atoms with Gasteiger partial charge in [0.1, 0.15) is 24.4 Å². The molecule has 0 aromatic rings. The maximum atomic E-state index is 13.0. The van der Waals surface area contributed by atoms with Gasteiger partial charge < -0.3 is 40.3 Å². The highest BCUT2D eigenvalue weighted by atomic mass is 16.7. The summed E-state index contributed by atoms with van der Waals surface area (Å²) in [5.41, 5.74) is 0. The first kappa shape index (κ1) is 52.9. The number of allylic oxidation sites excluding steroid dienone is 9. The normalized spacial score (nSPS) is 21.6. The third-order valence-electron chi connectivity index (χ3n) is 10.6. The van der Waals surface area contributed by atoms with Crippen LogP contribution in [-0.2, 0) is 14.3 Å². The molecule has 0 spiro atoms. The number of ether oxygens (including phenoxy) is 2. The van der Waals surface area contributed by atoms with Crippen molar-refractivity contribution in [1.29, 1.82) is 0 Å². The molecule has 1 aliphatic rings. The van der Waals surface area contributed by atoms with Crippen molar-refractivity contribution >= 4 is 5.91 Å². The minimum Gasteiger partial charge on any atom is -0.394 e. The number of unbranched alkanes of at least 4 members (excludes halogenated alkanes) is 19. The molecule has 1 aliphatic heterocycles. The minimum atomic E-state index is -1.57. The summed E-state index contributed by atoms with van der Waals surface area (Å²) in [5.74, 6) is -0.189. The molecule has 0 bridgehead atoms. The van der Waals surface area contributed by atoms with Crippen molar-refractivity contribution in [1.82, 2.24) is 5.32 Å². The third kappa shape index (κ3) is 28.9. The van der Waals surface area contributed by atoms with Gasteiger partial charge in [-0.05, 0) is 57.8 Å². The van der Waals surface area contributed by atoms with Crippen molar-refractivity contribution in [3.05, 3.63) is 60.8 Å². The lowest BCUT2D eigenvalue weighted by molar-refractivity contribution is -0.302. The van der Waals surface area contributed by atoms with Gasteiger partial charge in [-0.15, -0.1) is 0 Å². The van der Waals surface area contributed by atoms with Crippen LogP contribution in [0.3, 0.4) is 0 Å². The van der Waals surface area contributed by atoms with Gasteiger partial charge in [-0.3, -0.25) is 4.79 Å². The maximum Gasteiger partial charge on any atom is 0.220 e. The van der Waals surface area contributed by atoms with Crippen molar-refractivity contribution < 1.29 is 39.8 Å². The quantitative estimate of drug-likeness (QED) is 0.0269. The van der Waals surface area contributed by atoms with Crippen LogP contribution in [0, 0.1) is 0 Å². The van der Waals surface area contributed by atoms with Crippen molar-refractivity contribution in [2.45, 2.75) is 224 Å². The molecule has 1 rings (SSSR count). The van der Waals surface area contributed by atoms with Crippen molar-refractivity contribution in [2.75, 3.05) is 13.2 Å². The van der Waals surface area contributed by atoms with E-state index < -0.39 is 49.5 Å². The molecule has 1 heterocycles. The molecular weight excluding hydrogens is 719 g/mol. The number of nitrogens with one attached hydrogen (secondary N) is 1. The van der Waals surface area contributed by atoms with Gasteiger partial charge >= 0.3 is 0 Å². The lowest BCUT2D eigenvalue weighted by Gasteiger charge is -2.40. The molecule has 0 radical (unpaired) electrons. The molecule has 6 N–H and O–H groups in total. The SMILES string of the molecule is CC/C=C\C/C=C\C/C=C\C/C=C\CCCCCCCCCCC(=O)NC(COC1OC(CO)C(O)C(O)C1O)C(O)/C=C/CCCCCCCCCCCCC. The van der Waals surface area contributed by atoms with E-state index in [1.54, 1.807) is 6.08 Å². The van der Waals surface area contributed by atoms with E-state index in [-0.39, 0.29) is 12.5 Å². The molecule has 330 valence electrons. The largest absolute Gasteiger partial charge is 0.394 e. The van der Waals surface area contributed by atoms with Gasteiger partial charge in [0.25, 0.3) is 0 Å². The number of carbonyl (C=O) groups excluding carboxylic acids is 1. The fourth-order valence-electron chi connectivity index (χ4n) is 6.91. The number of aliphatic hydroxyl groups excluding tert-OH is 5. The molecule has 0 saturated carbocycles. The first-order valence-electron chi connectivity index (χ1n) is 23.0. The molecular formula is C48H85NO8. The predicted octanol–water partition coefficient (Wildman–Crippen LogP) is 9.61. The maximum absolute atomic E-state index is 13.0. The molecule has 7 atom stereocenters. The molecule has 0 aliphatic carbocycles. The molecule has 9 nitrogen and oxygen atoms in total. The Bertz CT molecular complexity index is 1070. The van der Waals surface area contributed by atoms with Gasteiger partial charge in [-0.25, -0.2) is 0 Å². The number of amides is 1. The van der Waals surface area contributed by atoms with E-state index in [2.05, 4.69) is 67.8 Å². The smallest absolute Gasteiger partial charge is 0.220 e. The van der Waals surface area contributed by atoms with Crippen LogP contribution >= 0.6 is 0 Å². The highest BCUT2D eigenvalue weighted by Crippen LogP contribution is 2.22. The summed E-state index contributed by atoms with van der Waals surface area (Å²) >= 11 is 0. The summed E-state index contributed by atoms with van der Waals surface area (Å²) in [5, 5.41) is 54.2. The lowest BCUT2D eigenvalue weighted by atomic mass is 9.99. The van der Waals surface area contributed by atoms with E-state index in [9.17, 15) is 30.3 Å². The van der Waals surface area contributed by atoms with E-state index >= 15 is 0 Å². The van der Waals surface area contributed by atoms with Gasteiger partial charge in [0.05, 0.1) is 25.4 Å². The van der Waals surface area contributed by atoms with Crippen molar-refractivity contribution in [3.8, 4) is 0 Å². The zero-order valence-corrected chi connectivity index (χ0v) is 36.1. The summed E-state index contributed by atoms with van der Waals surface area (Å²) < 4.78 is 11.2. The lowest BCUT2D eigenvalue weighted by Crippen LogP contribution is -2.60. The van der Waals surface area contributed by atoms with Gasteiger partial charge in [0, 0.05) is 6.42 Å². The number of rotatable bonds is 37. The highest BCUT2D eigenvalue weighted by molar-refractivity contribution is 5.76. The van der Waals surface area contributed by atoms with Gasteiger partial charge in [0.2, 0.25) is 5.91 Å². The van der Waals surface area contributed by atoms with Crippen LogP contribution < -0.4 is 5.32 Å². The third-order valence-corrected chi connectivity index (χ3v) is 10.6. The molecule has 1 fully saturated rings.